The molecule has 0 aliphatic carbocycles. The molecule has 0 radical (unpaired) electrons. The van der Waals surface area contributed by atoms with E-state index < -0.39 is 20.2 Å². The summed E-state index contributed by atoms with van der Waals surface area (Å²) in [6.45, 7) is 4.08. The first-order valence-electron chi connectivity index (χ1n) is 13.5. The fraction of sp³-hybridized carbons (Fsp3) is 0.433. The summed E-state index contributed by atoms with van der Waals surface area (Å²) < 4.78 is 61.3. The normalized spacial score (nSPS) is 11.1. The standard InChI is InChI=1S/C18H30O3S.C7H8O3S.C5H5N/c1-2-3-4-5-6-7-8-9-10-11-14-17-15-12-13-16-18(17)22(19,20)21;1-6-2-4-7(5-3-6)11(8,9)10;1-2-4-6-5-3-1/h12-13,15-16H,2-11,14H2,1H3,(H,19,20,21);2-5H,1H3,(H,8,9,10);1-5H. The van der Waals surface area contributed by atoms with Gasteiger partial charge in [-0.2, -0.15) is 16.8 Å². The Bertz CT molecular complexity index is 1220. The van der Waals surface area contributed by atoms with Gasteiger partial charge in [0, 0.05) is 12.4 Å². The number of rotatable bonds is 13. The lowest BCUT2D eigenvalue weighted by molar-refractivity contribution is 0.480. The number of aromatic nitrogens is 1. The van der Waals surface area contributed by atoms with Crippen molar-refractivity contribution in [1.82, 2.24) is 4.98 Å². The Kier molecular flexibility index (Phi) is 17.2. The van der Waals surface area contributed by atoms with Gasteiger partial charge < -0.3 is 0 Å². The number of hydrogen-bond donors (Lipinski definition) is 2. The van der Waals surface area contributed by atoms with E-state index in [0.717, 1.165) is 24.0 Å². The predicted octanol–water partition coefficient (Wildman–Crippen LogP) is 7.72. The number of hydrogen-bond acceptors (Lipinski definition) is 5. The van der Waals surface area contributed by atoms with Gasteiger partial charge in [0.05, 0.1) is 9.79 Å². The van der Waals surface area contributed by atoms with Crippen molar-refractivity contribution in [3.8, 4) is 0 Å². The van der Waals surface area contributed by atoms with Crippen LogP contribution in [0, 0.1) is 6.92 Å². The number of nitrogens with zero attached hydrogens (tertiary/aromatic N) is 1. The molecule has 2 aromatic carbocycles. The molecular weight excluding hydrogens is 534 g/mol. The van der Waals surface area contributed by atoms with Crippen LogP contribution in [0.1, 0.15) is 82.3 Å². The average Bonchev–Trinajstić information content (AvgIpc) is 2.91. The lowest BCUT2D eigenvalue weighted by Crippen LogP contribution is -2.03. The van der Waals surface area contributed by atoms with Crippen LogP contribution >= 0.6 is 0 Å². The Balaban J connectivity index is 0.000000364. The molecular formula is C30H43NO6S2. The van der Waals surface area contributed by atoms with Crippen molar-refractivity contribution >= 4 is 20.2 Å². The van der Waals surface area contributed by atoms with Gasteiger partial charge >= 0.3 is 0 Å². The fourth-order valence-corrected chi connectivity index (χ4v) is 5.02. The Labute approximate surface area is 235 Å². The maximum atomic E-state index is 11.3. The second-order valence-corrected chi connectivity index (χ2v) is 12.1. The number of benzene rings is 2. The molecule has 2 N–H and O–H groups in total. The molecule has 7 nitrogen and oxygen atoms in total. The zero-order valence-corrected chi connectivity index (χ0v) is 24.7. The van der Waals surface area contributed by atoms with E-state index in [1.807, 2.05) is 31.2 Å². The van der Waals surface area contributed by atoms with Crippen LogP contribution in [0.4, 0.5) is 0 Å². The predicted molar refractivity (Wildman–Crippen MR) is 157 cm³/mol. The quantitative estimate of drug-likeness (QED) is 0.157. The molecule has 0 fully saturated rings. The van der Waals surface area contributed by atoms with Crippen molar-refractivity contribution < 1.29 is 25.9 Å². The average molecular weight is 578 g/mol. The van der Waals surface area contributed by atoms with Crippen LogP contribution in [-0.4, -0.2) is 30.9 Å². The lowest BCUT2D eigenvalue weighted by atomic mass is 10.0. The Morgan fingerprint density at radius 3 is 1.56 bits per heavy atom. The molecule has 216 valence electrons. The molecule has 0 unspecified atom stereocenters. The third-order valence-electron chi connectivity index (χ3n) is 5.94. The van der Waals surface area contributed by atoms with Crippen LogP contribution in [0.15, 0.2) is 88.9 Å². The highest BCUT2D eigenvalue weighted by Gasteiger charge is 2.13. The third-order valence-corrected chi connectivity index (χ3v) is 7.76. The Hall–Kier alpha value is -2.59. The number of pyridine rings is 1. The summed E-state index contributed by atoms with van der Waals surface area (Å²) in [6, 6.07) is 18.4. The second-order valence-electron chi connectivity index (χ2n) is 9.33. The van der Waals surface area contributed by atoms with Crippen molar-refractivity contribution in [1.29, 1.82) is 0 Å². The molecule has 1 heterocycles. The molecule has 3 aromatic rings. The van der Waals surface area contributed by atoms with Gasteiger partial charge in [0.15, 0.2) is 0 Å². The zero-order chi connectivity index (χ0) is 29.0. The Morgan fingerprint density at radius 1 is 0.615 bits per heavy atom. The van der Waals surface area contributed by atoms with Crippen LogP contribution in [-0.2, 0) is 26.7 Å². The van der Waals surface area contributed by atoms with Crippen LogP contribution in [0.3, 0.4) is 0 Å². The van der Waals surface area contributed by atoms with Gasteiger partial charge in [-0.05, 0) is 55.7 Å². The summed E-state index contributed by atoms with van der Waals surface area (Å²) in [7, 11) is -8.12. The summed E-state index contributed by atoms with van der Waals surface area (Å²) >= 11 is 0. The summed E-state index contributed by atoms with van der Waals surface area (Å²) in [5.41, 5.74) is 1.68. The summed E-state index contributed by atoms with van der Waals surface area (Å²) in [4.78, 5) is 3.78. The highest BCUT2D eigenvalue weighted by Crippen LogP contribution is 2.18. The van der Waals surface area contributed by atoms with E-state index in [2.05, 4.69) is 11.9 Å². The molecule has 0 aliphatic heterocycles. The van der Waals surface area contributed by atoms with E-state index in [0.29, 0.717) is 6.42 Å². The maximum absolute atomic E-state index is 11.3. The molecule has 1 aromatic heterocycles. The molecule has 0 amide bonds. The molecule has 0 saturated carbocycles. The van der Waals surface area contributed by atoms with Crippen LogP contribution in [0.2, 0.25) is 0 Å². The van der Waals surface area contributed by atoms with Crippen LogP contribution in [0.5, 0.6) is 0 Å². The van der Waals surface area contributed by atoms with Gasteiger partial charge in [-0.1, -0.05) is 107 Å². The largest absolute Gasteiger partial charge is 0.294 e. The Morgan fingerprint density at radius 2 is 1.13 bits per heavy atom. The van der Waals surface area contributed by atoms with Gasteiger partial charge in [-0.3, -0.25) is 14.1 Å². The minimum atomic E-state index is -4.10. The summed E-state index contributed by atoms with van der Waals surface area (Å²) in [6.07, 6.45) is 16.8. The highest BCUT2D eigenvalue weighted by atomic mass is 32.2. The van der Waals surface area contributed by atoms with Crippen molar-refractivity contribution in [2.75, 3.05) is 0 Å². The van der Waals surface area contributed by atoms with E-state index in [9.17, 15) is 21.4 Å². The smallest absolute Gasteiger partial charge is 0.282 e. The van der Waals surface area contributed by atoms with E-state index in [-0.39, 0.29) is 9.79 Å². The molecule has 0 saturated heterocycles. The van der Waals surface area contributed by atoms with Crippen LogP contribution in [0.25, 0.3) is 0 Å². The van der Waals surface area contributed by atoms with Crippen molar-refractivity contribution in [2.24, 2.45) is 0 Å². The molecule has 3 rings (SSSR count). The van der Waals surface area contributed by atoms with Gasteiger partial charge in [0.2, 0.25) is 0 Å². The monoisotopic (exact) mass is 577 g/mol. The summed E-state index contributed by atoms with van der Waals surface area (Å²) in [5, 5.41) is 0. The first kappa shape index (κ1) is 34.4. The van der Waals surface area contributed by atoms with E-state index in [1.54, 1.807) is 36.7 Å². The molecule has 0 atom stereocenters. The van der Waals surface area contributed by atoms with E-state index >= 15 is 0 Å². The first-order valence-corrected chi connectivity index (χ1v) is 16.4. The van der Waals surface area contributed by atoms with Gasteiger partial charge in [0.25, 0.3) is 20.2 Å². The van der Waals surface area contributed by atoms with Crippen molar-refractivity contribution in [2.45, 2.75) is 94.3 Å². The van der Waals surface area contributed by atoms with E-state index in [4.69, 9.17) is 4.55 Å². The molecule has 0 aliphatic rings. The molecule has 0 spiro atoms. The topological polar surface area (TPSA) is 122 Å². The minimum absolute atomic E-state index is 0.0610. The first-order chi connectivity index (χ1) is 18.6. The highest BCUT2D eigenvalue weighted by molar-refractivity contribution is 7.86. The SMILES string of the molecule is CCCCCCCCCCCCc1ccccc1S(=O)(=O)O.Cc1ccc(S(=O)(=O)O)cc1.c1ccncc1. The third kappa shape index (κ3) is 16.9. The maximum Gasteiger partial charge on any atom is 0.294 e. The zero-order valence-electron chi connectivity index (χ0n) is 23.1. The molecule has 0 bridgehead atoms. The fourth-order valence-electron chi connectivity index (χ4n) is 3.79. The molecule has 9 heteroatoms. The minimum Gasteiger partial charge on any atom is -0.282 e. The van der Waals surface area contributed by atoms with Gasteiger partial charge in [0.1, 0.15) is 0 Å². The van der Waals surface area contributed by atoms with Gasteiger partial charge in [-0.15, -0.1) is 0 Å². The molecule has 39 heavy (non-hydrogen) atoms. The van der Waals surface area contributed by atoms with Gasteiger partial charge in [-0.25, -0.2) is 0 Å². The number of aryl methyl sites for hydroxylation is 2. The van der Waals surface area contributed by atoms with Crippen molar-refractivity contribution in [3.63, 3.8) is 0 Å². The lowest BCUT2D eigenvalue weighted by Gasteiger charge is -2.07. The van der Waals surface area contributed by atoms with E-state index in [1.165, 1.54) is 69.6 Å². The summed E-state index contributed by atoms with van der Waals surface area (Å²) in [5.74, 6) is 0. The number of unbranched alkanes of at least 4 members (excludes halogenated alkanes) is 9. The van der Waals surface area contributed by atoms with Crippen molar-refractivity contribution in [3.05, 3.63) is 90.3 Å². The van der Waals surface area contributed by atoms with Crippen LogP contribution < -0.4 is 0 Å². The second kappa shape index (κ2) is 19.5.